The molecule has 3 rings (SSSR count). The van der Waals surface area contributed by atoms with Gasteiger partial charge in [0.05, 0.1) is 9.77 Å². The zero-order valence-electron chi connectivity index (χ0n) is 14.0. The van der Waals surface area contributed by atoms with Crippen molar-refractivity contribution in [2.75, 3.05) is 5.32 Å². The van der Waals surface area contributed by atoms with Crippen LogP contribution in [0, 0.1) is 0 Å². The van der Waals surface area contributed by atoms with E-state index >= 15 is 0 Å². The third kappa shape index (κ3) is 3.89. The summed E-state index contributed by atoms with van der Waals surface area (Å²) in [7, 11) is 0. The van der Waals surface area contributed by atoms with E-state index in [-0.39, 0.29) is 5.56 Å². The normalized spacial score (nSPS) is 15.2. The van der Waals surface area contributed by atoms with Gasteiger partial charge >= 0.3 is 0 Å². The Morgan fingerprint density at radius 2 is 2.00 bits per heavy atom. The van der Waals surface area contributed by atoms with Gasteiger partial charge in [0.25, 0.3) is 11.8 Å². The summed E-state index contributed by atoms with van der Waals surface area (Å²) in [6.45, 7) is 4.26. The predicted molar refractivity (Wildman–Crippen MR) is 100 cm³/mol. The molecule has 1 aliphatic carbocycles. The lowest BCUT2D eigenvalue weighted by molar-refractivity contribution is -0.125. The monoisotopic (exact) mass is 376 g/mol. The minimum absolute atomic E-state index is 0.270. The number of benzene rings is 1. The van der Waals surface area contributed by atoms with Crippen LogP contribution in [0.3, 0.4) is 0 Å². The Morgan fingerprint density at radius 3 is 2.60 bits per heavy atom. The first-order valence-corrected chi connectivity index (χ1v) is 9.68. The molecular formula is C18H20N2O3S2. The van der Waals surface area contributed by atoms with Crippen molar-refractivity contribution in [2.45, 2.75) is 47.3 Å². The molecule has 1 aromatic heterocycles. The maximum absolute atomic E-state index is 12.1. The maximum Gasteiger partial charge on any atom is 0.256 e. The second kappa shape index (κ2) is 6.82. The van der Waals surface area contributed by atoms with Gasteiger partial charge in [-0.2, -0.15) is 0 Å². The molecule has 0 bridgehead atoms. The van der Waals surface area contributed by atoms with Crippen LogP contribution in [0.5, 0.6) is 0 Å². The van der Waals surface area contributed by atoms with Crippen LogP contribution in [0.25, 0.3) is 0 Å². The summed E-state index contributed by atoms with van der Waals surface area (Å²) in [4.78, 5) is 24.9. The van der Waals surface area contributed by atoms with E-state index in [0.717, 1.165) is 9.10 Å². The van der Waals surface area contributed by atoms with Gasteiger partial charge in [-0.25, -0.2) is 0 Å². The Labute approximate surface area is 154 Å². The number of primary amides is 1. The van der Waals surface area contributed by atoms with E-state index in [1.54, 1.807) is 17.8 Å². The Hall–Kier alpha value is -1.83. The molecular weight excluding hydrogens is 356 g/mol. The van der Waals surface area contributed by atoms with E-state index in [1.165, 1.54) is 16.9 Å². The fraction of sp³-hybridized carbons (Fsp3) is 0.333. The molecule has 1 aromatic carbocycles. The highest BCUT2D eigenvalue weighted by Gasteiger charge is 2.48. The van der Waals surface area contributed by atoms with Gasteiger partial charge in [-0.05, 0) is 36.5 Å². The summed E-state index contributed by atoms with van der Waals surface area (Å²) in [6.07, 6.45) is 0.888. The largest absolute Gasteiger partial charge is 0.380 e. The number of nitrogens with one attached hydrogen (secondary N) is 1. The second-order valence-corrected chi connectivity index (χ2v) is 8.85. The van der Waals surface area contributed by atoms with Gasteiger partial charge in [-0.15, -0.1) is 11.3 Å². The molecule has 132 valence electrons. The van der Waals surface area contributed by atoms with Crippen molar-refractivity contribution in [1.29, 1.82) is 0 Å². The molecule has 2 amide bonds. The maximum atomic E-state index is 12.1. The highest BCUT2D eigenvalue weighted by molar-refractivity contribution is 8.01. The molecule has 5 nitrogen and oxygen atoms in total. The van der Waals surface area contributed by atoms with Crippen LogP contribution in [-0.2, 0) is 4.79 Å². The topological polar surface area (TPSA) is 92.4 Å². The summed E-state index contributed by atoms with van der Waals surface area (Å²) in [5.74, 6) is -0.697. The Kier molecular flexibility index (Phi) is 4.90. The Morgan fingerprint density at radius 1 is 1.32 bits per heavy atom. The zero-order chi connectivity index (χ0) is 18.2. The quantitative estimate of drug-likeness (QED) is 0.718. The molecule has 0 atom stereocenters. The Balaban J connectivity index is 1.87. The van der Waals surface area contributed by atoms with Crippen LogP contribution in [0.2, 0.25) is 0 Å². The van der Waals surface area contributed by atoms with Crippen LogP contribution in [0.1, 0.15) is 48.5 Å². The first-order chi connectivity index (χ1) is 11.8. The highest BCUT2D eigenvalue weighted by Crippen LogP contribution is 2.42. The minimum atomic E-state index is -1.30. The van der Waals surface area contributed by atoms with Crippen molar-refractivity contribution >= 4 is 39.9 Å². The molecule has 1 aliphatic rings. The molecule has 2 aromatic rings. The molecule has 0 radical (unpaired) electrons. The van der Waals surface area contributed by atoms with E-state index in [2.05, 4.69) is 25.2 Å². The fourth-order valence-corrected chi connectivity index (χ4v) is 4.86. The van der Waals surface area contributed by atoms with Crippen molar-refractivity contribution in [2.24, 2.45) is 5.73 Å². The zero-order valence-corrected chi connectivity index (χ0v) is 15.7. The summed E-state index contributed by atoms with van der Waals surface area (Å²) in [5, 5.41) is 12.9. The first kappa shape index (κ1) is 18.0. The predicted octanol–water partition coefficient (Wildman–Crippen LogP) is 3.59. The summed E-state index contributed by atoms with van der Waals surface area (Å²) >= 11 is 2.84. The number of anilines is 1. The average molecular weight is 377 g/mol. The SMILES string of the molecule is CC(C)c1ccccc1Sc1cc(C(N)=O)c(NC(=O)C2(O)CC2)s1. The molecule has 0 spiro atoms. The van der Waals surface area contributed by atoms with Gasteiger partial charge in [0.1, 0.15) is 10.6 Å². The van der Waals surface area contributed by atoms with Crippen LogP contribution in [-0.4, -0.2) is 22.5 Å². The summed E-state index contributed by atoms with van der Waals surface area (Å²) < 4.78 is 0.861. The number of thiophene rings is 1. The van der Waals surface area contributed by atoms with E-state index in [0.29, 0.717) is 23.8 Å². The lowest BCUT2D eigenvalue weighted by Gasteiger charge is -2.11. The first-order valence-electron chi connectivity index (χ1n) is 8.04. The second-order valence-electron chi connectivity index (χ2n) is 6.45. The molecule has 0 aliphatic heterocycles. The van der Waals surface area contributed by atoms with Crippen LogP contribution in [0.15, 0.2) is 39.4 Å². The molecule has 4 N–H and O–H groups in total. The van der Waals surface area contributed by atoms with E-state index < -0.39 is 17.4 Å². The number of hydrogen-bond donors (Lipinski definition) is 3. The highest BCUT2D eigenvalue weighted by atomic mass is 32.2. The van der Waals surface area contributed by atoms with Crippen molar-refractivity contribution in [3.8, 4) is 0 Å². The summed E-state index contributed by atoms with van der Waals surface area (Å²) in [5.41, 5.74) is 5.64. The number of nitrogens with two attached hydrogens (primary N) is 1. The van der Waals surface area contributed by atoms with E-state index in [4.69, 9.17) is 5.73 Å². The van der Waals surface area contributed by atoms with Gasteiger partial charge in [-0.3, -0.25) is 9.59 Å². The van der Waals surface area contributed by atoms with Gasteiger partial charge in [0, 0.05) is 4.90 Å². The molecule has 7 heteroatoms. The number of amides is 2. The smallest absolute Gasteiger partial charge is 0.256 e. The number of carbonyl (C=O) groups is 2. The van der Waals surface area contributed by atoms with Gasteiger partial charge in [0.2, 0.25) is 0 Å². The average Bonchev–Trinajstić information content (AvgIpc) is 3.18. The lowest BCUT2D eigenvalue weighted by atomic mass is 10.0. The molecule has 1 fully saturated rings. The van der Waals surface area contributed by atoms with Crippen molar-refractivity contribution in [1.82, 2.24) is 0 Å². The molecule has 1 heterocycles. The van der Waals surface area contributed by atoms with Crippen molar-refractivity contribution in [3.63, 3.8) is 0 Å². The number of aliphatic hydroxyl groups is 1. The van der Waals surface area contributed by atoms with Crippen LogP contribution >= 0.6 is 23.1 Å². The van der Waals surface area contributed by atoms with Gasteiger partial charge in [0.15, 0.2) is 0 Å². The molecule has 0 unspecified atom stereocenters. The number of carbonyl (C=O) groups excluding carboxylic acids is 2. The lowest BCUT2D eigenvalue weighted by Crippen LogP contribution is -2.29. The molecule has 25 heavy (non-hydrogen) atoms. The van der Waals surface area contributed by atoms with Gasteiger partial charge in [-0.1, -0.05) is 43.8 Å². The van der Waals surface area contributed by atoms with Crippen LogP contribution < -0.4 is 11.1 Å². The minimum Gasteiger partial charge on any atom is -0.380 e. The van der Waals surface area contributed by atoms with Crippen molar-refractivity contribution in [3.05, 3.63) is 41.5 Å². The van der Waals surface area contributed by atoms with Crippen LogP contribution in [0.4, 0.5) is 5.00 Å². The fourth-order valence-electron chi connectivity index (χ4n) is 2.42. The third-order valence-corrected chi connectivity index (χ3v) is 6.36. The molecule has 0 saturated heterocycles. The molecule has 1 saturated carbocycles. The summed E-state index contributed by atoms with van der Waals surface area (Å²) in [6, 6.07) is 9.80. The Bertz CT molecular complexity index is 825. The van der Waals surface area contributed by atoms with E-state index in [1.807, 2.05) is 18.2 Å². The van der Waals surface area contributed by atoms with Gasteiger partial charge < -0.3 is 16.2 Å². The van der Waals surface area contributed by atoms with E-state index in [9.17, 15) is 14.7 Å². The standard InChI is InChI=1S/C18H20N2O3S2/c1-10(2)11-5-3-4-6-13(11)24-14-9-12(15(19)21)16(25-14)20-17(22)18(23)7-8-18/h3-6,9-10,23H,7-8H2,1-2H3,(H2,19,21)(H,20,22). The third-order valence-electron chi connectivity index (χ3n) is 4.10. The number of hydrogen-bond acceptors (Lipinski definition) is 5. The number of rotatable bonds is 6. The van der Waals surface area contributed by atoms with Crippen molar-refractivity contribution < 1.29 is 14.7 Å².